The molecule has 2 aromatic carbocycles. The Hall–Kier alpha value is -3.92. The zero-order valence-electron chi connectivity index (χ0n) is 20.0. The van der Waals surface area contributed by atoms with E-state index in [2.05, 4.69) is 20.9 Å². The molecule has 0 atom stereocenters. The number of anilines is 3. The number of benzene rings is 2. The number of aromatic nitrogens is 1. The van der Waals surface area contributed by atoms with E-state index in [0.29, 0.717) is 17.1 Å². The zero-order chi connectivity index (χ0) is 25.5. The lowest BCUT2D eigenvalue weighted by Gasteiger charge is -2.25. The van der Waals surface area contributed by atoms with Crippen molar-refractivity contribution in [3.63, 3.8) is 0 Å². The first-order valence-corrected chi connectivity index (χ1v) is 13.3. The molecule has 1 aromatic heterocycles. The maximum Gasteiger partial charge on any atom is 0.333 e. The van der Waals surface area contributed by atoms with Gasteiger partial charge in [-0.2, -0.15) is 0 Å². The summed E-state index contributed by atoms with van der Waals surface area (Å²) in [7, 11) is -4.05. The SMILES string of the molecule is Cc1ccc(S(=O)(=O)NC(=O)Nc2ccc(NC3CCCCC3)c(C(=O)Nc3ccccn3)c2)cc1. The first-order chi connectivity index (χ1) is 17.3. The summed E-state index contributed by atoms with van der Waals surface area (Å²) in [6, 6.07) is 15.5. The van der Waals surface area contributed by atoms with Crippen LogP contribution in [0.2, 0.25) is 0 Å². The summed E-state index contributed by atoms with van der Waals surface area (Å²) in [6.07, 6.45) is 7.06. The van der Waals surface area contributed by atoms with Crippen molar-refractivity contribution in [1.82, 2.24) is 9.71 Å². The molecule has 0 saturated heterocycles. The van der Waals surface area contributed by atoms with Crippen LogP contribution in [0.3, 0.4) is 0 Å². The van der Waals surface area contributed by atoms with Crippen LogP contribution in [0.25, 0.3) is 0 Å². The smallest absolute Gasteiger partial charge is 0.333 e. The van der Waals surface area contributed by atoms with Gasteiger partial charge in [0, 0.05) is 23.6 Å². The molecule has 1 fully saturated rings. The molecule has 0 spiro atoms. The molecule has 3 amide bonds. The Balaban J connectivity index is 1.53. The van der Waals surface area contributed by atoms with Gasteiger partial charge in [0.15, 0.2) is 0 Å². The average Bonchev–Trinajstić information content (AvgIpc) is 2.86. The number of pyridine rings is 1. The standard InChI is InChI=1S/C26H29N5O4S/c1-18-10-13-21(14-11-18)36(34,35)31-26(33)29-20-12-15-23(28-19-7-3-2-4-8-19)22(17-20)25(32)30-24-9-5-6-16-27-24/h5-6,9-17,19,28H,2-4,7-8H2,1H3,(H,27,30,32)(H2,29,31,33). The number of nitrogens with zero attached hydrogens (tertiary/aromatic N) is 1. The van der Waals surface area contributed by atoms with Crippen molar-refractivity contribution in [2.24, 2.45) is 0 Å². The molecule has 1 aliphatic rings. The van der Waals surface area contributed by atoms with Crippen molar-refractivity contribution in [2.45, 2.75) is 50.0 Å². The van der Waals surface area contributed by atoms with Gasteiger partial charge in [-0.1, -0.05) is 43.0 Å². The summed E-state index contributed by atoms with van der Waals surface area (Å²) in [5.74, 6) is -0.00485. The molecule has 4 N–H and O–H groups in total. The maximum absolute atomic E-state index is 13.1. The van der Waals surface area contributed by atoms with Gasteiger partial charge in [-0.05, 0) is 62.2 Å². The largest absolute Gasteiger partial charge is 0.382 e. The van der Waals surface area contributed by atoms with Crippen LogP contribution in [0.15, 0.2) is 71.8 Å². The molecule has 1 saturated carbocycles. The van der Waals surface area contributed by atoms with Gasteiger partial charge in [0.25, 0.3) is 15.9 Å². The predicted octanol–water partition coefficient (Wildman–Crippen LogP) is 4.90. The molecule has 0 radical (unpaired) electrons. The van der Waals surface area contributed by atoms with E-state index in [-0.39, 0.29) is 16.6 Å². The number of amides is 3. The van der Waals surface area contributed by atoms with Gasteiger partial charge in [-0.3, -0.25) is 4.79 Å². The van der Waals surface area contributed by atoms with E-state index >= 15 is 0 Å². The van der Waals surface area contributed by atoms with Crippen LogP contribution >= 0.6 is 0 Å². The van der Waals surface area contributed by atoms with Crippen LogP contribution < -0.4 is 20.7 Å². The third kappa shape index (κ3) is 6.60. The topological polar surface area (TPSA) is 129 Å². The second-order valence-corrected chi connectivity index (χ2v) is 10.5. The molecule has 1 aliphatic carbocycles. The minimum absolute atomic E-state index is 0.0225. The van der Waals surface area contributed by atoms with Crippen molar-refractivity contribution in [3.05, 3.63) is 78.0 Å². The lowest BCUT2D eigenvalue weighted by Crippen LogP contribution is -2.34. The van der Waals surface area contributed by atoms with Crippen LogP contribution in [0.5, 0.6) is 0 Å². The Labute approximate surface area is 210 Å². The van der Waals surface area contributed by atoms with Crippen molar-refractivity contribution in [1.29, 1.82) is 0 Å². The highest BCUT2D eigenvalue weighted by atomic mass is 32.2. The number of urea groups is 1. The number of hydrogen-bond donors (Lipinski definition) is 4. The number of aryl methyl sites for hydroxylation is 1. The van der Waals surface area contributed by atoms with Crippen LogP contribution in [0.4, 0.5) is 22.0 Å². The molecule has 0 aliphatic heterocycles. The first-order valence-electron chi connectivity index (χ1n) is 11.8. The summed E-state index contributed by atoms with van der Waals surface area (Å²) in [6.45, 7) is 1.84. The van der Waals surface area contributed by atoms with Gasteiger partial charge in [0.1, 0.15) is 5.82 Å². The number of nitrogens with one attached hydrogen (secondary N) is 4. The molecule has 10 heteroatoms. The fourth-order valence-electron chi connectivity index (χ4n) is 4.08. The van der Waals surface area contributed by atoms with Gasteiger partial charge < -0.3 is 16.0 Å². The average molecular weight is 508 g/mol. The fraction of sp³-hybridized carbons (Fsp3) is 0.269. The minimum atomic E-state index is -4.05. The second-order valence-electron chi connectivity index (χ2n) is 8.78. The van der Waals surface area contributed by atoms with Gasteiger partial charge >= 0.3 is 6.03 Å². The van der Waals surface area contributed by atoms with E-state index < -0.39 is 22.0 Å². The summed E-state index contributed by atoms with van der Waals surface area (Å²) < 4.78 is 27.1. The van der Waals surface area contributed by atoms with Crippen LogP contribution in [-0.2, 0) is 10.0 Å². The highest BCUT2D eigenvalue weighted by Crippen LogP contribution is 2.27. The quantitative estimate of drug-likeness (QED) is 0.360. The summed E-state index contributed by atoms with van der Waals surface area (Å²) in [4.78, 5) is 29.8. The van der Waals surface area contributed by atoms with Gasteiger partial charge in [-0.15, -0.1) is 0 Å². The van der Waals surface area contributed by atoms with E-state index in [1.54, 1.807) is 48.7 Å². The highest BCUT2D eigenvalue weighted by Gasteiger charge is 2.21. The van der Waals surface area contributed by atoms with Crippen molar-refractivity contribution in [2.75, 3.05) is 16.0 Å². The molecule has 1 heterocycles. The normalized spacial score (nSPS) is 14.0. The van der Waals surface area contributed by atoms with Crippen molar-refractivity contribution in [3.8, 4) is 0 Å². The Bertz CT molecular complexity index is 1320. The molecule has 36 heavy (non-hydrogen) atoms. The van der Waals surface area contributed by atoms with Crippen molar-refractivity contribution < 1.29 is 18.0 Å². The molecule has 3 aromatic rings. The lowest BCUT2D eigenvalue weighted by atomic mass is 9.95. The predicted molar refractivity (Wildman–Crippen MR) is 140 cm³/mol. The van der Waals surface area contributed by atoms with Crippen LogP contribution in [-0.4, -0.2) is 31.4 Å². The number of rotatable bonds is 7. The first kappa shape index (κ1) is 25.2. The van der Waals surface area contributed by atoms with E-state index in [9.17, 15) is 18.0 Å². The zero-order valence-corrected chi connectivity index (χ0v) is 20.8. The number of sulfonamides is 1. The Morgan fingerprint density at radius 3 is 2.36 bits per heavy atom. The van der Waals surface area contributed by atoms with Crippen LogP contribution in [0, 0.1) is 6.92 Å². The summed E-state index contributed by atoms with van der Waals surface area (Å²) in [5, 5.41) is 8.74. The Kier molecular flexibility index (Phi) is 7.84. The second kappa shape index (κ2) is 11.2. The summed E-state index contributed by atoms with van der Waals surface area (Å²) >= 11 is 0. The fourth-order valence-corrected chi connectivity index (χ4v) is 4.99. The Morgan fingerprint density at radius 2 is 1.67 bits per heavy atom. The highest BCUT2D eigenvalue weighted by molar-refractivity contribution is 7.90. The number of carbonyl (C=O) groups excluding carboxylic acids is 2. The third-order valence-electron chi connectivity index (χ3n) is 5.95. The number of carbonyl (C=O) groups is 2. The van der Waals surface area contributed by atoms with E-state index in [4.69, 9.17) is 0 Å². The molecule has 9 nitrogen and oxygen atoms in total. The van der Waals surface area contributed by atoms with Gasteiger partial charge in [-0.25, -0.2) is 22.9 Å². The van der Waals surface area contributed by atoms with Crippen LogP contribution in [0.1, 0.15) is 48.0 Å². The molecule has 0 unspecified atom stereocenters. The molecular formula is C26H29N5O4S. The number of hydrogen-bond acceptors (Lipinski definition) is 6. The molecule has 0 bridgehead atoms. The van der Waals surface area contributed by atoms with E-state index in [0.717, 1.165) is 31.2 Å². The third-order valence-corrected chi connectivity index (χ3v) is 7.30. The van der Waals surface area contributed by atoms with Gasteiger partial charge in [0.05, 0.1) is 10.5 Å². The van der Waals surface area contributed by atoms with E-state index in [1.165, 1.54) is 24.6 Å². The van der Waals surface area contributed by atoms with Crippen molar-refractivity contribution >= 4 is 39.2 Å². The minimum Gasteiger partial charge on any atom is -0.382 e. The molecule has 4 rings (SSSR count). The van der Waals surface area contributed by atoms with Gasteiger partial charge in [0.2, 0.25) is 0 Å². The lowest BCUT2D eigenvalue weighted by molar-refractivity contribution is 0.102. The monoisotopic (exact) mass is 507 g/mol. The van der Waals surface area contributed by atoms with E-state index in [1.807, 2.05) is 11.6 Å². The molecule has 188 valence electrons. The maximum atomic E-state index is 13.1. The Morgan fingerprint density at radius 1 is 0.917 bits per heavy atom. The summed E-state index contributed by atoms with van der Waals surface area (Å²) in [5.41, 5.74) is 2.11. The molecular weight excluding hydrogens is 478 g/mol.